The second kappa shape index (κ2) is 9.48. The Kier molecular flexibility index (Phi) is 6.78. The molecule has 0 spiro atoms. The fraction of sp³-hybridized carbons (Fsp3) is 0.400. The summed E-state index contributed by atoms with van der Waals surface area (Å²) in [5.41, 5.74) is 0.612. The number of amides is 1. The van der Waals surface area contributed by atoms with Gasteiger partial charge in [0.2, 0.25) is 11.3 Å². The number of rotatable bonds is 8. The highest BCUT2D eigenvalue weighted by Crippen LogP contribution is 2.12. The summed E-state index contributed by atoms with van der Waals surface area (Å²) in [6.45, 7) is 0.784. The Morgan fingerprint density at radius 1 is 1.36 bits per heavy atom. The van der Waals surface area contributed by atoms with Crippen LogP contribution in [0.3, 0.4) is 0 Å². The fourth-order valence-corrected chi connectivity index (χ4v) is 2.97. The Morgan fingerprint density at radius 3 is 2.82 bits per heavy atom. The molecule has 28 heavy (non-hydrogen) atoms. The summed E-state index contributed by atoms with van der Waals surface area (Å²) in [5.74, 6) is -0.556. The zero-order valence-corrected chi connectivity index (χ0v) is 15.4. The highest BCUT2D eigenvalue weighted by Gasteiger charge is 2.17. The predicted octanol–water partition coefficient (Wildman–Crippen LogP) is 1.35. The zero-order chi connectivity index (χ0) is 19.9. The van der Waals surface area contributed by atoms with Gasteiger partial charge < -0.3 is 24.5 Å². The maximum Gasteiger partial charge on any atom is 0.240 e. The van der Waals surface area contributed by atoms with Crippen LogP contribution in [0.25, 0.3) is 0 Å². The molecule has 1 aliphatic rings. The molecule has 2 heterocycles. The zero-order valence-electron chi connectivity index (χ0n) is 15.4. The molecule has 2 aromatic rings. The number of aromatic nitrogens is 1. The maximum absolute atomic E-state index is 13.0. The van der Waals surface area contributed by atoms with Gasteiger partial charge in [0.15, 0.2) is 5.75 Å². The lowest BCUT2D eigenvalue weighted by Crippen LogP contribution is -2.34. The third-order valence-corrected chi connectivity index (χ3v) is 4.52. The van der Waals surface area contributed by atoms with E-state index in [1.807, 2.05) is 0 Å². The van der Waals surface area contributed by atoms with E-state index in [2.05, 4.69) is 5.32 Å². The largest absolute Gasteiger partial charge is 0.483 e. The molecular weight excluding hydrogens is 367 g/mol. The first-order valence-corrected chi connectivity index (χ1v) is 9.15. The monoisotopic (exact) mass is 390 g/mol. The number of hydrogen-bond donors (Lipinski definition) is 2. The van der Waals surface area contributed by atoms with Crippen molar-refractivity contribution in [2.75, 3.05) is 13.2 Å². The molecule has 1 aliphatic heterocycles. The molecule has 0 saturated carbocycles. The van der Waals surface area contributed by atoms with Crippen molar-refractivity contribution in [2.45, 2.75) is 38.7 Å². The molecule has 1 amide bonds. The van der Waals surface area contributed by atoms with Crippen LogP contribution in [0.15, 0.2) is 41.3 Å². The van der Waals surface area contributed by atoms with E-state index in [-0.39, 0.29) is 43.3 Å². The summed E-state index contributed by atoms with van der Waals surface area (Å²) in [6.07, 6.45) is 3.35. The van der Waals surface area contributed by atoms with E-state index in [9.17, 15) is 19.1 Å². The second-order valence-corrected chi connectivity index (χ2v) is 6.63. The number of carbonyl (C=O) groups is 1. The number of nitrogens with zero attached hydrogens (tertiary/aromatic N) is 1. The number of halogens is 1. The van der Waals surface area contributed by atoms with Crippen molar-refractivity contribution in [2.24, 2.45) is 0 Å². The quantitative estimate of drug-likeness (QED) is 0.710. The summed E-state index contributed by atoms with van der Waals surface area (Å²) in [5, 5.41) is 12.3. The van der Waals surface area contributed by atoms with Gasteiger partial charge in [0, 0.05) is 24.9 Å². The first kappa shape index (κ1) is 20.0. The van der Waals surface area contributed by atoms with E-state index < -0.39 is 5.43 Å². The van der Waals surface area contributed by atoms with Crippen molar-refractivity contribution in [3.63, 3.8) is 0 Å². The average Bonchev–Trinajstić information content (AvgIpc) is 3.21. The summed E-state index contributed by atoms with van der Waals surface area (Å²) < 4.78 is 25.5. The molecule has 150 valence electrons. The van der Waals surface area contributed by atoms with Gasteiger partial charge in [-0.05, 0) is 30.5 Å². The molecule has 0 bridgehead atoms. The van der Waals surface area contributed by atoms with E-state index in [4.69, 9.17) is 9.47 Å². The number of hydrogen-bond acceptors (Lipinski definition) is 5. The number of benzene rings is 1. The highest BCUT2D eigenvalue weighted by molar-refractivity contribution is 5.75. The molecule has 2 N–H and O–H groups in total. The Hall–Kier alpha value is -2.71. The number of aliphatic hydroxyl groups excluding tert-OH is 1. The van der Waals surface area contributed by atoms with Crippen LogP contribution >= 0.6 is 0 Å². The van der Waals surface area contributed by atoms with E-state index in [0.29, 0.717) is 24.4 Å². The summed E-state index contributed by atoms with van der Waals surface area (Å²) in [6, 6.07) is 6.99. The van der Waals surface area contributed by atoms with Gasteiger partial charge in [-0.2, -0.15) is 0 Å². The Balaban J connectivity index is 1.65. The standard InChI is InChI=1S/C20H23FN2O5/c21-15-5-3-14(4-6-15)13-28-19-10-23(16(12-24)8-18(19)25)11-20(26)22-9-17-2-1-7-27-17/h3-6,8,10,17,24H,1-2,7,9,11-13H2,(H,22,26)/t17-/m1/s1. The molecule has 0 unspecified atom stereocenters. The van der Waals surface area contributed by atoms with Gasteiger partial charge in [0.25, 0.3) is 0 Å². The minimum atomic E-state index is -0.401. The van der Waals surface area contributed by atoms with Gasteiger partial charge in [0.1, 0.15) is 19.0 Å². The number of aliphatic hydroxyl groups is 1. The molecule has 3 rings (SSSR count). The van der Waals surface area contributed by atoms with Crippen LogP contribution < -0.4 is 15.5 Å². The van der Waals surface area contributed by atoms with Gasteiger partial charge in [-0.15, -0.1) is 0 Å². The Bertz CT molecular complexity index is 860. The summed E-state index contributed by atoms with van der Waals surface area (Å²) >= 11 is 0. The van der Waals surface area contributed by atoms with Gasteiger partial charge in [-0.3, -0.25) is 9.59 Å². The smallest absolute Gasteiger partial charge is 0.240 e. The summed E-state index contributed by atoms with van der Waals surface area (Å²) in [7, 11) is 0. The molecule has 0 radical (unpaired) electrons. The molecular formula is C20H23FN2O5. The lowest BCUT2D eigenvalue weighted by molar-refractivity contribution is -0.122. The number of ether oxygens (including phenoxy) is 2. The molecule has 8 heteroatoms. The highest BCUT2D eigenvalue weighted by atomic mass is 19.1. The van der Waals surface area contributed by atoms with Crippen LogP contribution in [0.4, 0.5) is 4.39 Å². The van der Waals surface area contributed by atoms with E-state index in [1.165, 1.54) is 29.0 Å². The van der Waals surface area contributed by atoms with Crippen LogP contribution in [0, 0.1) is 5.82 Å². The van der Waals surface area contributed by atoms with E-state index >= 15 is 0 Å². The van der Waals surface area contributed by atoms with Crippen molar-refractivity contribution in [1.82, 2.24) is 9.88 Å². The van der Waals surface area contributed by atoms with Crippen LogP contribution in [-0.2, 0) is 29.3 Å². The normalized spacial score (nSPS) is 16.1. The van der Waals surface area contributed by atoms with Gasteiger partial charge in [-0.1, -0.05) is 12.1 Å². The first-order valence-electron chi connectivity index (χ1n) is 9.15. The lowest BCUT2D eigenvalue weighted by Gasteiger charge is -2.15. The molecule has 1 aromatic carbocycles. The summed E-state index contributed by atoms with van der Waals surface area (Å²) in [4.78, 5) is 24.4. The topological polar surface area (TPSA) is 89.8 Å². The van der Waals surface area contributed by atoms with E-state index in [1.54, 1.807) is 12.1 Å². The number of nitrogens with one attached hydrogen (secondary N) is 1. The van der Waals surface area contributed by atoms with Crippen molar-refractivity contribution in [1.29, 1.82) is 0 Å². The van der Waals surface area contributed by atoms with Crippen LogP contribution in [0.5, 0.6) is 5.75 Å². The second-order valence-electron chi connectivity index (χ2n) is 6.63. The average molecular weight is 390 g/mol. The minimum Gasteiger partial charge on any atom is -0.483 e. The SMILES string of the molecule is O=C(Cn1cc(OCc2ccc(F)cc2)c(=O)cc1CO)NC[C@H]1CCCO1. The molecule has 0 aliphatic carbocycles. The maximum atomic E-state index is 13.0. The number of carbonyl (C=O) groups excluding carboxylic acids is 1. The molecule has 1 aromatic heterocycles. The van der Waals surface area contributed by atoms with Crippen molar-refractivity contribution in [3.05, 3.63) is 63.8 Å². The first-order chi connectivity index (χ1) is 13.5. The van der Waals surface area contributed by atoms with Crippen LogP contribution in [0.1, 0.15) is 24.1 Å². The molecule has 1 saturated heterocycles. The van der Waals surface area contributed by atoms with Crippen LogP contribution in [-0.4, -0.2) is 34.8 Å². The van der Waals surface area contributed by atoms with Gasteiger partial charge >= 0.3 is 0 Å². The van der Waals surface area contributed by atoms with Crippen molar-refractivity contribution < 1.29 is 23.8 Å². The van der Waals surface area contributed by atoms with Crippen molar-refractivity contribution in [3.8, 4) is 5.75 Å². The number of pyridine rings is 1. The predicted molar refractivity (Wildman–Crippen MR) is 99.3 cm³/mol. The van der Waals surface area contributed by atoms with Gasteiger partial charge in [-0.25, -0.2) is 4.39 Å². The van der Waals surface area contributed by atoms with Crippen molar-refractivity contribution >= 4 is 5.91 Å². The Labute approximate surface area is 161 Å². The Morgan fingerprint density at radius 2 is 2.14 bits per heavy atom. The fourth-order valence-electron chi connectivity index (χ4n) is 2.97. The third kappa shape index (κ3) is 5.40. The van der Waals surface area contributed by atoms with Gasteiger partial charge in [0.05, 0.1) is 18.9 Å². The minimum absolute atomic E-state index is 0.0323. The third-order valence-electron chi connectivity index (χ3n) is 4.52. The molecule has 7 nitrogen and oxygen atoms in total. The van der Waals surface area contributed by atoms with E-state index in [0.717, 1.165) is 12.8 Å². The molecule has 1 fully saturated rings. The van der Waals surface area contributed by atoms with Crippen LogP contribution in [0.2, 0.25) is 0 Å². The molecule has 1 atom stereocenters. The lowest BCUT2D eigenvalue weighted by atomic mass is 10.2.